The zero-order chi connectivity index (χ0) is 12.8. The number of para-hydroxylation sites is 2. The fourth-order valence-corrected chi connectivity index (χ4v) is 1.90. The molecule has 0 atom stereocenters. The number of amides is 1. The van der Waals surface area contributed by atoms with Crippen molar-refractivity contribution in [3.05, 3.63) is 30.1 Å². The first-order valence-corrected chi connectivity index (χ1v) is 6.54. The normalized spacial score (nSPS) is 10.7. The summed E-state index contributed by atoms with van der Waals surface area (Å²) < 4.78 is 0. The van der Waals surface area contributed by atoms with Gasteiger partial charge in [-0.05, 0) is 18.6 Å². The molecule has 0 saturated heterocycles. The standard InChI is InChI=1S/C14H19N3O/c1-2-3-4-7-10-15-14(18)13-16-11-8-5-6-9-12(11)17-13/h5-6,8-9H,2-4,7,10H2,1H3,(H,15,18)(H,16,17). The van der Waals surface area contributed by atoms with Crippen molar-refractivity contribution in [2.45, 2.75) is 32.6 Å². The second kappa shape index (κ2) is 6.19. The molecule has 2 aromatic rings. The molecule has 96 valence electrons. The lowest BCUT2D eigenvalue weighted by molar-refractivity contribution is 0.0944. The van der Waals surface area contributed by atoms with Gasteiger partial charge in [0.15, 0.2) is 5.82 Å². The predicted octanol–water partition coefficient (Wildman–Crippen LogP) is 2.87. The lowest BCUT2D eigenvalue weighted by Gasteiger charge is -2.02. The van der Waals surface area contributed by atoms with E-state index in [1.165, 1.54) is 12.8 Å². The Morgan fingerprint density at radius 2 is 2.11 bits per heavy atom. The van der Waals surface area contributed by atoms with Crippen LogP contribution in [0.3, 0.4) is 0 Å². The van der Waals surface area contributed by atoms with Crippen molar-refractivity contribution in [1.82, 2.24) is 15.3 Å². The van der Waals surface area contributed by atoms with Crippen LogP contribution >= 0.6 is 0 Å². The molecule has 2 rings (SSSR count). The van der Waals surface area contributed by atoms with Crippen molar-refractivity contribution in [3.8, 4) is 0 Å². The molecule has 0 aliphatic carbocycles. The summed E-state index contributed by atoms with van der Waals surface area (Å²) in [6, 6.07) is 7.65. The minimum atomic E-state index is -0.123. The van der Waals surface area contributed by atoms with Gasteiger partial charge in [0.1, 0.15) is 0 Å². The molecular formula is C14H19N3O. The Bertz CT molecular complexity index is 485. The summed E-state index contributed by atoms with van der Waals surface area (Å²) in [5, 5.41) is 2.89. The van der Waals surface area contributed by atoms with E-state index in [-0.39, 0.29) is 5.91 Å². The summed E-state index contributed by atoms with van der Waals surface area (Å²) in [6.45, 7) is 2.89. The molecule has 0 spiro atoms. The Morgan fingerprint density at radius 3 is 2.89 bits per heavy atom. The van der Waals surface area contributed by atoms with Crippen molar-refractivity contribution < 1.29 is 4.79 Å². The number of hydrogen-bond donors (Lipinski definition) is 2. The van der Waals surface area contributed by atoms with E-state index in [9.17, 15) is 4.79 Å². The number of fused-ring (bicyclic) bond motifs is 1. The molecule has 0 radical (unpaired) electrons. The van der Waals surface area contributed by atoms with Crippen molar-refractivity contribution in [1.29, 1.82) is 0 Å². The number of hydrogen-bond acceptors (Lipinski definition) is 2. The first-order valence-electron chi connectivity index (χ1n) is 6.54. The zero-order valence-corrected chi connectivity index (χ0v) is 10.7. The summed E-state index contributed by atoms with van der Waals surface area (Å²) in [5.41, 5.74) is 1.72. The molecule has 1 aromatic carbocycles. The summed E-state index contributed by atoms with van der Waals surface area (Å²) >= 11 is 0. The first kappa shape index (κ1) is 12.6. The molecule has 1 heterocycles. The number of benzene rings is 1. The van der Waals surface area contributed by atoms with Gasteiger partial charge in [-0.1, -0.05) is 38.3 Å². The van der Waals surface area contributed by atoms with E-state index >= 15 is 0 Å². The smallest absolute Gasteiger partial charge is 0.287 e. The first-order chi connectivity index (χ1) is 8.81. The van der Waals surface area contributed by atoms with Gasteiger partial charge in [-0.15, -0.1) is 0 Å². The second-order valence-electron chi connectivity index (χ2n) is 4.42. The molecule has 18 heavy (non-hydrogen) atoms. The highest BCUT2D eigenvalue weighted by Gasteiger charge is 2.09. The fourth-order valence-electron chi connectivity index (χ4n) is 1.90. The summed E-state index contributed by atoms with van der Waals surface area (Å²) in [5.74, 6) is 0.273. The average molecular weight is 245 g/mol. The van der Waals surface area contributed by atoms with E-state index in [0.29, 0.717) is 5.82 Å². The number of rotatable bonds is 6. The number of carbonyl (C=O) groups excluding carboxylic acids is 1. The van der Waals surface area contributed by atoms with Gasteiger partial charge in [0.05, 0.1) is 11.0 Å². The van der Waals surface area contributed by atoms with E-state index < -0.39 is 0 Å². The van der Waals surface area contributed by atoms with Gasteiger partial charge in [0, 0.05) is 6.54 Å². The van der Waals surface area contributed by atoms with Crippen LogP contribution in [0.15, 0.2) is 24.3 Å². The van der Waals surface area contributed by atoms with Crippen LogP contribution in [0.25, 0.3) is 11.0 Å². The highest BCUT2D eigenvalue weighted by atomic mass is 16.2. The van der Waals surface area contributed by atoms with Crippen LogP contribution in [0.5, 0.6) is 0 Å². The molecule has 0 unspecified atom stereocenters. The molecule has 0 bridgehead atoms. The predicted molar refractivity (Wildman–Crippen MR) is 72.6 cm³/mol. The maximum atomic E-state index is 11.8. The van der Waals surface area contributed by atoms with Crippen LogP contribution in [0.1, 0.15) is 43.2 Å². The third kappa shape index (κ3) is 3.09. The van der Waals surface area contributed by atoms with E-state index in [0.717, 1.165) is 30.4 Å². The number of aromatic nitrogens is 2. The molecule has 0 aliphatic heterocycles. The molecular weight excluding hydrogens is 226 g/mol. The van der Waals surface area contributed by atoms with Gasteiger partial charge in [0.25, 0.3) is 5.91 Å². The van der Waals surface area contributed by atoms with Gasteiger partial charge < -0.3 is 10.3 Å². The van der Waals surface area contributed by atoms with Crippen molar-refractivity contribution in [3.63, 3.8) is 0 Å². The molecule has 1 amide bonds. The van der Waals surface area contributed by atoms with Gasteiger partial charge in [-0.3, -0.25) is 4.79 Å². The van der Waals surface area contributed by atoms with Crippen LogP contribution in [0.2, 0.25) is 0 Å². The number of nitrogens with zero attached hydrogens (tertiary/aromatic N) is 1. The number of H-pyrrole nitrogens is 1. The van der Waals surface area contributed by atoms with Crippen LogP contribution in [-0.2, 0) is 0 Å². The quantitative estimate of drug-likeness (QED) is 0.769. The Morgan fingerprint density at radius 1 is 1.28 bits per heavy atom. The maximum absolute atomic E-state index is 11.8. The zero-order valence-electron chi connectivity index (χ0n) is 10.7. The Balaban J connectivity index is 1.88. The number of carbonyl (C=O) groups is 1. The van der Waals surface area contributed by atoms with E-state index in [1.54, 1.807) is 0 Å². The van der Waals surface area contributed by atoms with Crippen molar-refractivity contribution in [2.75, 3.05) is 6.54 Å². The molecule has 4 heteroatoms. The average Bonchev–Trinajstić information content (AvgIpc) is 2.82. The van der Waals surface area contributed by atoms with Crippen LogP contribution in [0.4, 0.5) is 0 Å². The minimum Gasteiger partial charge on any atom is -0.349 e. The lowest BCUT2D eigenvalue weighted by Crippen LogP contribution is -2.25. The topological polar surface area (TPSA) is 57.8 Å². The number of aromatic amines is 1. The number of nitrogens with one attached hydrogen (secondary N) is 2. The maximum Gasteiger partial charge on any atom is 0.287 e. The second-order valence-corrected chi connectivity index (χ2v) is 4.42. The lowest BCUT2D eigenvalue weighted by atomic mass is 10.2. The van der Waals surface area contributed by atoms with Crippen molar-refractivity contribution >= 4 is 16.9 Å². The molecule has 2 N–H and O–H groups in total. The fraction of sp³-hybridized carbons (Fsp3) is 0.429. The third-order valence-corrected chi connectivity index (χ3v) is 2.92. The van der Waals surface area contributed by atoms with Crippen LogP contribution < -0.4 is 5.32 Å². The molecule has 0 aliphatic rings. The van der Waals surface area contributed by atoms with Gasteiger partial charge in [0.2, 0.25) is 0 Å². The Kier molecular flexibility index (Phi) is 4.34. The SMILES string of the molecule is CCCCCCNC(=O)c1nc2ccccc2[nH]1. The third-order valence-electron chi connectivity index (χ3n) is 2.92. The molecule has 1 aromatic heterocycles. The molecule has 0 fully saturated rings. The Hall–Kier alpha value is -1.84. The van der Waals surface area contributed by atoms with Gasteiger partial charge in [-0.2, -0.15) is 0 Å². The highest BCUT2D eigenvalue weighted by Crippen LogP contribution is 2.10. The summed E-state index contributed by atoms with van der Waals surface area (Å²) in [6.07, 6.45) is 4.62. The van der Waals surface area contributed by atoms with Gasteiger partial charge >= 0.3 is 0 Å². The molecule has 4 nitrogen and oxygen atoms in total. The number of unbranched alkanes of at least 4 members (excludes halogenated alkanes) is 3. The van der Waals surface area contributed by atoms with Crippen LogP contribution in [0, 0.1) is 0 Å². The van der Waals surface area contributed by atoms with Crippen molar-refractivity contribution in [2.24, 2.45) is 0 Å². The van der Waals surface area contributed by atoms with Gasteiger partial charge in [-0.25, -0.2) is 4.98 Å². The monoisotopic (exact) mass is 245 g/mol. The largest absolute Gasteiger partial charge is 0.349 e. The highest BCUT2D eigenvalue weighted by molar-refractivity contribution is 5.94. The summed E-state index contributed by atoms with van der Waals surface area (Å²) in [7, 11) is 0. The van der Waals surface area contributed by atoms with E-state index in [4.69, 9.17) is 0 Å². The molecule has 0 saturated carbocycles. The van der Waals surface area contributed by atoms with E-state index in [2.05, 4.69) is 22.2 Å². The van der Waals surface area contributed by atoms with Crippen LogP contribution in [-0.4, -0.2) is 22.4 Å². The minimum absolute atomic E-state index is 0.123. The Labute approximate surface area is 107 Å². The van der Waals surface area contributed by atoms with E-state index in [1.807, 2.05) is 24.3 Å². The summed E-state index contributed by atoms with van der Waals surface area (Å²) in [4.78, 5) is 19.1. The number of imidazole rings is 1.